The van der Waals surface area contributed by atoms with Crippen molar-refractivity contribution in [2.45, 2.75) is 19.0 Å². The molecular weight excluding hydrogens is 396 g/mol. The Kier molecular flexibility index (Phi) is 6.67. The van der Waals surface area contributed by atoms with Crippen LogP contribution in [0.3, 0.4) is 0 Å². The van der Waals surface area contributed by atoms with Gasteiger partial charge in [0.1, 0.15) is 0 Å². The minimum Gasteiger partial charge on any atom is -0.493 e. The first-order chi connectivity index (χ1) is 14.7. The molecule has 30 heavy (non-hydrogen) atoms. The highest BCUT2D eigenvalue weighted by atomic mass is 32.1. The molecule has 0 unspecified atom stereocenters. The molecule has 156 valence electrons. The summed E-state index contributed by atoms with van der Waals surface area (Å²) < 4.78 is 10.9. The van der Waals surface area contributed by atoms with Crippen LogP contribution in [-0.2, 0) is 17.8 Å². The Morgan fingerprint density at radius 1 is 1.10 bits per heavy atom. The normalized spacial score (nSPS) is 14.6. The van der Waals surface area contributed by atoms with Gasteiger partial charge in [0.15, 0.2) is 18.1 Å². The summed E-state index contributed by atoms with van der Waals surface area (Å²) in [4.78, 5) is 14.9. The highest BCUT2D eigenvalue weighted by Gasteiger charge is 2.25. The largest absolute Gasteiger partial charge is 0.493 e. The zero-order chi connectivity index (χ0) is 20.8. The monoisotopic (exact) mass is 422 g/mol. The van der Waals surface area contributed by atoms with Crippen molar-refractivity contribution in [1.82, 2.24) is 10.2 Å². The minimum absolute atomic E-state index is 0.0421. The third kappa shape index (κ3) is 4.83. The van der Waals surface area contributed by atoms with Crippen LogP contribution in [0, 0.1) is 0 Å². The lowest BCUT2D eigenvalue weighted by Crippen LogP contribution is -2.41. The van der Waals surface area contributed by atoms with E-state index in [1.807, 2.05) is 18.2 Å². The molecule has 0 spiro atoms. The average molecular weight is 423 g/mol. The number of benzene rings is 2. The van der Waals surface area contributed by atoms with Gasteiger partial charge in [-0.2, -0.15) is 11.3 Å². The molecule has 2 aromatic carbocycles. The lowest BCUT2D eigenvalue weighted by atomic mass is 9.97. The molecule has 1 N–H and O–H groups in total. The van der Waals surface area contributed by atoms with Gasteiger partial charge in [-0.1, -0.05) is 36.4 Å². The third-order valence-electron chi connectivity index (χ3n) is 5.45. The molecule has 4 rings (SSSR count). The number of ether oxygens (including phenoxy) is 2. The molecule has 0 radical (unpaired) electrons. The van der Waals surface area contributed by atoms with Crippen molar-refractivity contribution in [1.29, 1.82) is 0 Å². The van der Waals surface area contributed by atoms with Gasteiger partial charge in [-0.15, -0.1) is 0 Å². The Hall–Kier alpha value is -2.83. The maximum atomic E-state index is 12.5. The number of fused-ring (bicyclic) bond motifs is 1. The first-order valence-corrected chi connectivity index (χ1v) is 11.0. The van der Waals surface area contributed by atoms with Crippen LogP contribution in [0.1, 0.15) is 22.7 Å². The molecule has 6 heteroatoms. The van der Waals surface area contributed by atoms with E-state index in [4.69, 9.17) is 9.47 Å². The van der Waals surface area contributed by atoms with Crippen LogP contribution in [0.5, 0.6) is 11.5 Å². The van der Waals surface area contributed by atoms with Crippen LogP contribution in [0.2, 0.25) is 0 Å². The topological polar surface area (TPSA) is 50.8 Å². The predicted octanol–water partition coefficient (Wildman–Crippen LogP) is 4.05. The molecule has 0 saturated carbocycles. The van der Waals surface area contributed by atoms with E-state index in [2.05, 4.69) is 51.3 Å². The van der Waals surface area contributed by atoms with Crippen LogP contribution in [0.25, 0.3) is 0 Å². The van der Waals surface area contributed by atoms with Gasteiger partial charge in [-0.25, -0.2) is 0 Å². The molecule has 1 aromatic heterocycles. The number of nitrogens with one attached hydrogen (secondary N) is 1. The number of thiophene rings is 1. The smallest absolute Gasteiger partial charge is 0.258 e. The molecule has 5 nitrogen and oxygen atoms in total. The van der Waals surface area contributed by atoms with E-state index >= 15 is 0 Å². The van der Waals surface area contributed by atoms with Gasteiger partial charge in [-0.05, 0) is 52.1 Å². The van der Waals surface area contributed by atoms with E-state index in [-0.39, 0.29) is 18.6 Å². The van der Waals surface area contributed by atoms with Crippen LogP contribution in [0.4, 0.5) is 0 Å². The number of hydrogen-bond donors (Lipinski definition) is 1. The number of amides is 1. The number of nitrogens with zero attached hydrogens (tertiary/aromatic N) is 1. The standard InChI is InChI=1S/C24H26N2O3S/c1-28-22-8-4-5-9-23(22)29-16-24(27)25-14-21(20-11-13-30-17-20)26-12-10-18-6-2-3-7-19(18)15-26/h2-9,11,13,17,21H,10,12,14-16H2,1H3,(H,25,27)/t21-/m0/s1. The molecular formula is C24H26N2O3S. The Balaban J connectivity index is 1.38. The summed E-state index contributed by atoms with van der Waals surface area (Å²) in [6, 6.07) is 18.2. The summed E-state index contributed by atoms with van der Waals surface area (Å²) in [6.45, 7) is 2.38. The van der Waals surface area contributed by atoms with Crippen molar-refractivity contribution in [3.05, 3.63) is 82.0 Å². The van der Waals surface area contributed by atoms with E-state index in [0.29, 0.717) is 18.0 Å². The molecule has 1 atom stereocenters. The van der Waals surface area contributed by atoms with E-state index < -0.39 is 0 Å². The number of hydrogen-bond acceptors (Lipinski definition) is 5. The summed E-state index contributed by atoms with van der Waals surface area (Å²) >= 11 is 1.69. The summed E-state index contributed by atoms with van der Waals surface area (Å²) in [6.07, 6.45) is 1.03. The fraction of sp³-hybridized carbons (Fsp3) is 0.292. The quantitative estimate of drug-likeness (QED) is 0.595. The Bertz CT molecular complexity index is 974. The molecule has 1 amide bonds. The van der Waals surface area contributed by atoms with Gasteiger partial charge >= 0.3 is 0 Å². The number of carbonyl (C=O) groups excluding carboxylic acids is 1. The average Bonchev–Trinajstić information content (AvgIpc) is 3.32. The molecule has 1 aliphatic heterocycles. The first kappa shape index (κ1) is 20.4. The first-order valence-electron chi connectivity index (χ1n) is 10.1. The van der Waals surface area contributed by atoms with E-state index in [0.717, 1.165) is 19.5 Å². The van der Waals surface area contributed by atoms with Gasteiger partial charge in [0.05, 0.1) is 13.2 Å². The third-order valence-corrected chi connectivity index (χ3v) is 6.15. The van der Waals surface area contributed by atoms with Gasteiger partial charge < -0.3 is 14.8 Å². The summed E-state index contributed by atoms with van der Waals surface area (Å²) in [5.74, 6) is 1.05. The number of methoxy groups -OCH3 is 1. The van der Waals surface area contributed by atoms with E-state index in [1.54, 1.807) is 24.5 Å². The van der Waals surface area contributed by atoms with Crippen LogP contribution >= 0.6 is 11.3 Å². The zero-order valence-electron chi connectivity index (χ0n) is 17.0. The fourth-order valence-corrected chi connectivity index (χ4v) is 4.56. The molecule has 1 aliphatic rings. The number of para-hydroxylation sites is 2. The maximum absolute atomic E-state index is 12.5. The van der Waals surface area contributed by atoms with Crippen LogP contribution in [-0.4, -0.2) is 37.6 Å². The van der Waals surface area contributed by atoms with Crippen LogP contribution < -0.4 is 14.8 Å². The van der Waals surface area contributed by atoms with Gasteiger partial charge in [0, 0.05) is 19.6 Å². The second kappa shape index (κ2) is 9.78. The van der Waals surface area contributed by atoms with Crippen molar-refractivity contribution in [2.75, 3.05) is 26.8 Å². The van der Waals surface area contributed by atoms with Crippen molar-refractivity contribution >= 4 is 17.2 Å². The summed E-state index contributed by atoms with van der Waals surface area (Å²) in [7, 11) is 1.59. The number of carbonyl (C=O) groups is 1. The Morgan fingerprint density at radius 3 is 2.63 bits per heavy atom. The lowest BCUT2D eigenvalue weighted by Gasteiger charge is -2.35. The highest BCUT2D eigenvalue weighted by Crippen LogP contribution is 2.29. The van der Waals surface area contributed by atoms with Crippen molar-refractivity contribution in [2.24, 2.45) is 0 Å². The predicted molar refractivity (Wildman–Crippen MR) is 119 cm³/mol. The van der Waals surface area contributed by atoms with Gasteiger partial charge in [0.2, 0.25) is 0 Å². The SMILES string of the molecule is COc1ccccc1OCC(=O)NC[C@@H](c1ccsc1)N1CCc2ccccc2C1. The Labute approximate surface area is 181 Å². The molecule has 0 bridgehead atoms. The zero-order valence-corrected chi connectivity index (χ0v) is 17.9. The highest BCUT2D eigenvalue weighted by molar-refractivity contribution is 7.07. The molecule has 2 heterocycles. The lowest BCUT2D eigenvalue weighted by molar-refractivity contribution is -0.123. The van der Waals surface area contributed by atoms with E-state index in [9.17, 15) is 4.79 Å². The molecule has 0 aliphatic carbocycles. The summed E-state index contributed by atoms with van der Waals surface area (Å²) in [5, 5.41) is 7.32. The molecule has 0 saturated heterocycles. The second-order valence-corrected chi connectivity index (χ2v) is 8.09. The fourth-order valence-electron chi connectivity index (χ4n) is 3.85. The van der Waals surface area contributed by atoms with Crippen LogP contribution in [0.15, 0.2) is 65.4 Å². The minimum atomic E-state index is -0.140. The van der Waals surface area contributed by atoms with E-state index in [1.165, 1.54) is 16.7 Å². The van der Waals surface area contributed by atoms with Gasteiger partial charge in [0.25, 0.3) is 5.91 Å². The maximum Gasteiger partial charge on any atom is 0.258 e. The molecule has 0 fully saturated rings. The second-order valence-electron chi connectivity index (χ2n) is 7.31. The van der Waals surface area contributed by atoms with Crippen molar-refractivity contribution in [3.63, 3.8) is 0 Å². The summed E-state index contributed by atoms with van der Waals surface area (Å²) in [5.41, 5.74) is 4.03. The molecule has 3 aromatic rings. The van der Waals surface area contributed by atoms with Crippen molar-refractivity contribution in [3.8, 4) is 11.5 Å². The number of rotatable bonds is 8. The van der Waals surface area contributed by atoms with Gasteiger partial charge in [-0.3, -0.25) is 9.69 Å². The van der Waals surface area contributed by atoms with Crippen molar-refractivity contribution < 1.29 is 14.3 Å². The Morgan fingerprint density at radius 2 is 1.87 bits per heavy atom.